The van der Waals surface area contributed by atoms with Crippen LogP contribution < -0.4 is 19.9 Å². The maximum Gasteiger partial charge on any atom is 0.167 e. The van der Waals surface area contributed by atoms with Crippen molar-refractivity contribution in [3.05, 3.63) is 191 Å². The molecular weight excluding hydrogens is 1020 g/mol. The van der Waals surface area contributed by atoms with Crippen molar-refractivity contribution < 1.29 is 92.2 Å². The predicted molar refractivity (Wildman–Crippen MR) is 245 cm³/mol. The zero-order valence-corrected chi connectivity index (χ0v) is 40.3. The van der Waals surface area contributed by atoms with Crippen LogP contribution in [0.3, 0.4) is 0 Å². The highest BCUT2D eigenvalue weighted by atomic mass is 32.2. The largest absolute Gasteiger partial charge is 0.744 e. The Balaban J connectivity index is 0.000000253. The lowest BCUT2D eigenvalue weighted by atomic mass is 9.91. The predicted octanol–water partition coefficient (Wildman–Crippen LogP) is 2.77. The third kappa shape index (κ3) is 12.6. The summed E-state index contributed by atoms with van der Waals surface area (Å²) in [4.78, 5) is 8.19. The summed E-state index contributed by atoms with van der Waals surface area (Å²) in [6.07, 6.45) is 12.3. The summed E-state index contributed by atoms with van der Waals surface area (Å²) in [6.45, 7) is 0. The molecule has 0 fully saturated rings. The summed E-state index contributed by atoms with van der Waals surface area (Å²) in [5.74, 6) is -3.07. The van der Waals surface area contributed by atoms with E-state index in [1.807, 2.05) is 49.6 Å². The van der Waals surface area contributed by atoms with Crippen LogP contribution in [-0.2, 0) is 66.2 Å². The number of phenols is 4. The fraction of sp³-hybridized carbons (Fsp3) is 0.0833. The van der Waals surface area contributed by atoms with Crippen molar-refractivity contribution in [1.29, 1.82) is 0 Å². The molecule has 24 heteroatoms. The molecule has 8 bridgehead atoms. The van der Waals surface area contributed by atoms with Gasteiger partial charge in [-0.1, -0.05) is 0 Å². The molecule has 0 atom stereocenters. The van der Waals surface area contributed by atoms with E-state index in [0.29, 0.717) is 48.5 Å². The Morgan fingerprint density at radius 1 is 0.292 bits per heavy atom. The van der Waals surface area contributed by atoms with Gasteiger partial charge >= 0.3 is 0 Å². The van der Waals surface area contributed by atoms with Gasteiger partial charge in [-0.3, -0.25) is 0 Å². The van der Waals surface area contributed by atoms with Gasteiger partial charge in [0.05, 0.1) is 19.6 Å². The minimum Gasteiger partial charge on any atom is -0.744 e. The van der Waals surface area contributed by atoms with Crippen LogP contribution in [0, 0.1) is 0 Å². The second-order valence-corrected chi connectivity index (χ2v) is 21.6. The lowest BCUT2D eigenvalue weighted by molar-refractivity contribution is -0.378. The fourth-order valence-corrected chi connectivity index (χ4v) is 10.00. The summed E-state index contributed by atoms with van der Waals surface area (Å²) in [6, 6.07) is 21.9. The molecule has 9 rings (SSSR count). The van der Waals surface area contributed by atoms with Crippen LogP contribution in [0.25, 0.3) is 22.3 Å². The molecule has 372 valence electrons. The molecule has 1 aliphatic carbocycles. The topological polar surface area (TPSA) is 366 Å². The molecule has 0 saturated carbocycles. The molecule has 8 aromatic rings. The average Bonchev–Trinajstić information content (AvgIpc) is 3.33. The van der Waals surface area contributed by atoms with Crippen molar-refractivity contribution in [2.45, 2.75) is 45.3 Å². The number of nitrogens with one attached hydrogen (secondary N) is 4. The van der Waals surface area contributed by atoms with Gasteiger partial charge in [0, 0.05) is 74.2 Å². The number of aromatic hydroxyl groups is 4. The SMILES string of the molecule is O=S(=O)([O-])c1cc2c(O)c(c1)Cc1cc(S(=O)(=O)[O-])cc(c1O)Cc1cc(S(=O)(=O)[O-])cc(c1O)Cc1cc(S(=O)(=O)[O-])cc(c1O)C2.c1cc(-c2cc[nH+]cc2)cc[nH+]1.c1cc(-c2cc[nH+]cc2)cc[nH+]1. The maximum atomic E-state index is 12.1. The van der Waals surface area contributed by atoms with Crippen molar-refractivity contribution in [2.24, 2.45) is 0 Å². The van der Waals surface area contributed by atoms with Gasteiger partial charge in [0.2, 0.25) is 0 Å². The van der Waals surface area contributed by atoms with E-state index in [1.165, 1.54) is 22.3 Å². The van der Waals surface area contributed by atoms with Crippen molar-refractivity contribution in [1.82, 2.24) is 0 Å². The number of aromatic nitrogens is 4. The zero-order chi connectivity index (χ0) is 52.2. The maximum absolute atomic E-state index is 12.1. The van der Waals surface area contributed by atoms with E-state index < -0.39 is 153 Å². The van der Waals surface area contributed by atoms with E-state index in [2.05, 4.69) is 68.5 Å². The van der Waals surface area contributed by atoms with Crippen molar-refractivity contribution in [3.63, 3.8) is 0 Å². The molecule has 0 saturated heterocycles. The Kier molecular flexibility index (Phi) is 15.2. The normalized spacial score (nSPS) is 12.6. The molecule has 4 aromatic carbocycles. The second-order valence-electron chi connectivity index (χ2n) is 16.0. The molecule has 0 spiro atoms. The summed E-state index contributed by atoms with van der Waals surface area (Å²) in [5, 5.41) is 44.6. The minimum absolute atomic E-state index is 0.437. The van der Waals surface area contributed by atoms with Crippen LogP contribution in [0.1, 0.15) is 44.5 Å². The first-order valence-electron chi connectivity index (χ1n) is 20.9. The van der Waals surface area contributed by atoms with E-state index in [4.69, 9.17) is 0 Å². The molecule has 1 aliphatic rings. The Bertz CT molecular complexity index is 3190. The fourth-order valence-electron chi connectivity index (χ4n) is 7.71. The molecule has 72 heavy (non-hydrogen) atoms. The minimum atomic E-state index is -5.29. The van der Waals surface area contributed by atoms with E-state index in [1.54, 1.807) is 0 Å². The molecule has 0 unspecified atom stereocenters. The monoisotopic (exact) mass is 1060 g/mol. The number of aromatic amines is 4. The standard InChI is InChI=1S/C28H24O16S4.2C10H8N2/c29-25-13-1-14-6-22(46(36,37)38)8-16(26(14)30)3-18-10-24(48(42,43)44)12-20(28(18)32)4-19-11-23(47(39,40)41)9-17(27(19)31)2-15(25)7-21(5-13)45(33,34)35;2*1-5-11-6-2-9(1)10-3-7-12-8-4-10/h5-12,29-32H,1-4H2,(H,33,34,35)(H,36,37,38)(H,39,40,41)(H,42,43,44);2*1-8H. The van der Waals surface area contributed by atoms with Crippen LogP contribution in [0.15, 0.2) is 166 Å². The molecule has 0 radical (unpaired) electrons. The Labute approximate surface area is 412 Å². The van der Waals surface area contributed by atoms with Crippen LogP contribution in [0.4, 0.5) is 0 Å². The van der Waals surface area contributed by atoms with Crippen molar-refractivity contribution in [3.8, 4) is 45.3 Å². The van der Waals surface area contributed by atoms with Gasteiger partial charge in [-0.15, -0.1) is 0 Å². The first kappa shape index (κ1) is 52.2. The molecule has 4 aromatic heterocycles. The Hall–Kier alpha value is -7.68. The van der Waals surface area contributed by atoms with Gasteiger partial charge in [0.1, 0.15) is 63.5 Å². The lowest BCUT2D eigenvalue weighted by Crippen LogP contribution is -2.08. The van der Waals surface area contributed by atoms with E-state index in [-0.39, 0.29) is 0 Å². The van der Waals surface area contributed by atoms with Crippen molar-refractivity contribution in [2.75, 3.05) is 0 Å². The number of phenolic OH excluding ortho intramolecular Hbond substituents is 4. The average molecular weight is 1060 g/mol. The highest BCUT2D eigenvalue weighted by Gasteiger charge is 2.24. The van der Waals surface area contributed by atoms with Crippen LogP contribution in [0.2, 0.25) is 0 Å². The van der Waals surface area contributed by atoms with Crippen LogP contribution in [-0.4, -0.2) is 72.3 Å². The quantitative estimate of drug-likeness (QED) is 0.174. The van der Waals surface area contributed by atoms with Gasteiger partial charge < -0.3 is 38.6 Å². The van der Waals surface area contributed by atoms with Crippen molar-refractivity contribution >= 4 is 40.5 Å². The third-order valence-electron chi connectivity index (χ3n) is 11.2. The number of H-pyrrole nitrogens is 4. The van der Waals surface area contributed by atoms with Gasteiger partial charge in [-0.25, -0.2) is 53.6 Å². The number of pyridine rings is 4. The van der Waals surface area contributed by atoms with Gasteiger partial charge in [-0.05, 0) is 115 Å². The van der Waals surface area contributed by atoms with Gasteiger partial charge in [0.15, 0.2) is 49.6 Å². The molecular formula is C48H40N4O16S4. The number of rotatable bonds is 6. The zero-order valence-electron chi connectivity index (χ0n) is 37.0. The van der Waals surface area contributed by atoms with E-state index in [9.17, 15) is 72.3 Å². The van der Waals surface area contributed by atoms with Gasteiger partial charge in [-0.2, -0.15) is 0 Å². The summed E-state index contributed by atoms with van der Waals surface area (Å²) < 4.78 is 145. The highest BCUT2D eigenvalue weighted by molar-refractivity contribution is 7.86. The molecule has 0 amide bonds. The number of fused-ring (bicyclic) bond motifs is 8. The first-order chi connectivity index (χ1) is 33.9. The highest BCUT2D eigenvalue weighted by Crippen LogP contribution is 2.41. The van der Waals surface area contributed by atoms with Gasteiger partial charge in [0.25, 0.3) is 0 Å². The smallest absolute Gasteiger partial charge is 0.167 e. The van der Waals surface area contributed by atoms with Crippen LogP contribution in [0.5, 0.6) is 23.0 Å². The first-order valence-corrected chi connectivity index (χ1v) is 26.6. The number of hydrogen-bond acceptors (Lipinski definition) is 16. The van der Waals surface area contributed by atoms with E-state index in [0.717, 1.165) is 0 Å². The molecule has 8 N–H and O–H groups in total. The number of benzene rings is 4. The lowest BCUT2D eigenvalue weighted by Gasteiger charge is -2.21. The Morgan fingerprint density at radius 3 is 0.556 bits per heavy atom. The summed E-state index contributed by atoms with van der Waals surface area (Å²) in [7, 11) is -21.1. The number of hydrogen-bond donors (Lipinski definition) is 4. The van der Waals surface area contributed by atoms with E-state index >= 15 is 0 Å². The Morgan fingerprint density at radius 2 is 0.431 bits per heavy atom. The summed E-state index contributed by atoms with van der Waals surface area (Å²) >= 11 is 0. The summed E-state index contributed by atoms with van der Waals surface area (Å²) in [5.41, 5.74) is 1.40. The molecule has 0 aliphatic heterocycles. The second kappa shape index (κ2) is 21.0. The third-order valence-corrected chi connectivity index (χ3v) is 14.4. The molecule has 20 nitrogen and oxygen atoms in total. The molecule has 4 heterocycles. The van der Waals surface area contributed by atoms with Crippen LogP contribution >= 0.6 is 0 Å².